The maximum atomic E-state index is 13.5. The monoisotopic (exact) mass is 555 g/mol. The topological polar surface area (TPSA) is 89.4 Å². The summed E-state index contributed by atoms with van der Waals surface area (Å²) in [5.74, 6) is 0.324. The Morgan fingerprint density at radius 1 is 1.16 bits per heavy atom. The van der Waals surface area contributed by atoms with Crippen LogP contribution in [0.4, 0.5) is 15.8 Å². The van der Waals surface area contributed by atoms with Crippen molar-refractivity contribution in [2.45, 2.75) is 50.6 Å². The number of anilines is 2. The number of rotatable bonds is 8. The standard InChI is InChI=1S/C28H34FN5O2S2/c1-19-13-26(32-24-9-7-23(29)8-10-24)22(15-30)14-25(19)27-17-34(38(35,36)28-18-37-20(2)31-28)12-11-33(27)16-21-5-3-4-6-21/h7-10,13-15,18,21,27,30,32H,3-6,11-12,16-17H2,1-2H3/t27-/m0/s1. The number of piperazine rings is 1. The lowest BCUT2D eigenvalue weighted by Crippen LogP contribution is -2.51. The molecule has 0 unspecified atom stereocenters. The van der Waals surface area contributed by atoms with Crippen LogP contribution in [0, 0.1) is 31.0 Å². The lowest BCUT2D eigenvalue weighted by molar-refractivity contribution is 0.0998. The molecule has 2 aliphatic rings. The molecule has 1 atom stereocenters. The maximum absolute atomic E-state index is 13.5. The van der Waals surface area contributed by atoms with Crippen LogP contribution in [0.25, 0.3) is 0 Å². The summed E-state index contributed by atoms with van der Waals surface area (Å²) in [6, 6.07) is 10.0. The van der Waals surface area contributed by atoms with E-state index in [0.717, 1.165) is 34.1 Å². The molecule has 10 heteroatoms. The van der Waals surface area contributed by atoms with Crippen LogP contribution in [0.1, 0.15) is 53.4 Å². The van der Waals surface area contributed by atoms with Crippen LogP contribution in [0.3, 0.4) is 0 Å². The summed E-state index contributed by atoms with van der Waals surface area (Å²) >= 11 is 1.34. The van der Waals surface area contributed by atoms with Crippen LogP contribution in [-0.4, -0.2) is 55.0 Å². The smallest absolute Gasteiger partial charge is 0.261 e. The van der Waals surface area contributed by atoms with Gasteiger partial charge in [-0.25, -0.2) is 17.8 Å². The molecule has 202 valence electrons. The minimum atomic E-state index is -3.70. The summed E-state index contributed by atoms with van der Waals surface area (Å²) in [5, 5.41) is 13.9. The van der Waals surface area contributed by atoms with E-state index in [9.17, 15) is 12.8 Å². The van der Waals surface area contributed by atoms with Crippen molar-refractivity contribution in [1.29, 1.82) is 5.41 Å². The zero-order valence-corrected chi connectivity index (χ0v) is 23.4. The van der Waals surface area contributed by atoms with E-state index in [0.29, 0.717) is 31.1 Å². The van der Waals surface area contributed by atoms with Gasteiger partial charge in [-0.2, -0.15) is 4.31 Å². The summed E-state index contributed by atoms with van der Waals surface area (Å²) < 4.78 is 42.0. The van der Waals surface area contributed by atoms with Crippen LogP contribution in [-0.2, 0) is 10.0 Å². The fraction of sp³-hybridized carbons (Fsp3) is 0.429. The van der Waals surface area contributed by atoms with Crippen LogP contribution >= 0.6 is 11.3 Å². The number of hydrogen-bond acceptors (Lipinski definition) is 7. The molecule has 0 radical (unpaired) electrons. The van der Waals surface area contributed by atoms with Gasteiger partial charge in [0.1, 0.15) is 5.82 Å². The minimum Gasteiger partial charge on any atom is -0.355 e. The normalized spacial score (nSPS) is 19.6. The first-order valence-corrected chi connectivity index (χ1v) is 15.4. The fourth-order valence-corrected chi connectivity index (χ4v) is 8.00. The summed E-state index contributed by atoms with van der Waals surface area (Å²) in [6.45, 7) is 6.22. The molecule has 1 aliphatic heterocycles. The van der Waals surface area contributed by atoms with E-state index in [2.05, 4.69) is 15.2 Å². The third-order valence-electron chi connectivity index (χ3n) is 7.70. The largest absolute Gasteiger partial charge is 0.355 e. The number of thiazole rings is 1. The van der Waals surface area contributed by atoms with Crippen molar-refractivity contribution in [3.05, 3.63) is 69.3 Å². The Balaban J connectivity index is 1.48. The first-order valence-electron chi connectivity index (χ1n) is 13.1. The molecule has 2 aromatic carbocycles. The van der Waals surface area contributed by atoms with Crippen molar-refractivity contribution in [2.75, 3.05) is 31.5 Å². The van der Waals surface area contributed by atoms with Crippen molar-refractivity contribution >= 4 is 38.9 Å². The Kier molecular flexibility index (Phi) is 7.95. The van der Waals surface area contributed by atoms with E-state index < -0.39 is 10.0 Å². The Morgan fingerprint density at radius 3 is 2.55 bits per heavy atom. The molecule has 2 N–H and O–H groups in total. The van der Waals surface area contributed by atoms with Crippen LogP contribution in [0.15, 0.2) is 46.8 Å². The first-order chi connectivity index (χ1) is 18.2. The van der Waals surface area contributed by atoms with Gasteiger partial charge in [-0.15, -0.1) is 11.3 Å². The number of sulfonamides is 1. The minimum absolute atomic E-state index is 0.124. The quantitative estimate of drug-likeness (QED) is 0.339. The molecular formula is C28H34FN5O2S2. The van der Waals surface area contributed by atoms with Gasteiger partial charge in [-0.3, -0.25) is 4.90 Å². The van der Waals surface area contributed by atoms with Gasteiger partial charge in [0, 0.05) is 60.8 Å². The summed E-state index contributed by atoms with van der Waals surface area (Å²) in [6.07, 6.45) is 6.26. The van der Waals surface area contributed by atoms with Crippen LogP contribution in [0.2, 0.25) is 0 Å². The summed E-state index contributed by atoms with van der Waals surface area (Å²) in [7, 11) is -3.70. The zero-order valence-electron chi connectivity index (χ0n) is 21.8. The van der Waals surface area contributed by atoms with E-state index >= 15 is 0 Å². The molecule has 2 heterocycles. The number of hydrogen-bond donors (Lipinski definition) is 2. The molecule has 5 rings (SSSR count). The van der Waals surface area contributed by atoms with Gasteiger partial charge in [0.05, 0.1) is 5.01 Å². The Labute approximate surface area is 228 Å². The molecule has 0 bridgehead atoms. The van der Waals surface area contributed by atoms with Gasteiger partial charge < -0.3 is 10.7 Å². The highest BCUT2D eigenvalue weighted by Crippen LogP contribution is 2.36. The van der Waals surface area contributed by atoms with Gasteiger partial charge in [-0.1, -0.05) is 12.8 Å². The van der Waals surface area contributed by atoms with Crippen molar-refractivity contribution in [2.24, 2.45) is 5.92 Å². The van der Waals surface area contributed by atoms with Crippen LogP contribution < -0.4 is 5.32 Å². The molecule has 38 heavy (non-hydrogen) atoms. The lowest BCUT2D eigenvalue weighted by Gasteiger charge is -2.42. The molecule has 1 saturated heterocycles. The molecular weight excluding hydrogens is 521 g/mol. The van der Waals surface area contributed by atoms with Gasteiger partial charge in [-0.05, 0) is 80.1 Å². The molecule has 1 aliphatic carbocycles. The van der Waals surface area contributed by atoms with E-state index in [1.807, 2.05) is 26.0 Å². The first kappa shape index (κ1) is 26.9. The Hall–Kier alpha value is -2.66. The van der Waals surface area contributed by atoms with Crippen LogP contribution in [0.5, 0.6) is 0 Å². The second-order valence-corrected chi connectivity index (χ2v) is 13.2. The number of nitrogens with one attached hydrogen (secondary N) is 2. The van der Waals surface area contributed by atoms with Gasteiger partial charge in [0.25, 0.3) is 10.0 Å². The molecule has 3 aromatic rings. The third-order valence-corrected chi connectivity index (χ3v) is 10.4. The third kappa shape index (κ3) is 5.68. The van der Waals surface area contributed by atoms with Gasteiger partial charge in [0.15, 0.2) is 5.03 Å². The van der Waals surface area contributed by atoms with Gasteiger partial charge >= 0.3 is 0 Å². The number of aromatic nitrogens is 1. The van der Waals surface area contributed by atoms with E-state index in [1.54, 1.807) is 21.8 Å². The SMILES string of the molecule is Cc1nc(S(=O)(=O)N2CCN(CC3CCCC3)[C@H](c3cc(C=N)c(Nc4ccc(F)cc4)cc3C)C2)cs1. The molecule has 7 nitrogen and oxygen atoms in total. The predicted molar refractivity (Wildman–Crippen MR) is 151 cm³/mol. The van der Waals surface area contributed by atoms with E-state index in [1.165, 1.54) is 55.4 Å². The van der Waals surface area contributed by atoms with Crippen molar-refractivity contribution in [3.8, 4) is 0 Å². The molecule has 2 fully saturated rings. The number of benzene rings is 2. The highest BCUT2D eigenvalue weighted by molar-refractivity contribution is 7.89. The maximum Gasteiger partial charge on any atom is 0.261 e. The van der Waals surface area contributed by atoms with Crippen molar-refractivity contribution in [3.63, 3.8) is 0 Å². The molecule has 0 spiro atoms. The second kappa shape index (κ2) is 11.2. The molecule has 1 aromatic heterocycles. The van der Waals surface area contributed by atoms with E-state index in [-0.39, 0.29) is 16.9 Å². The Morgan fingerprint density at radius 2 is 1.89 bits per heavy atom. The zero-order chi connectivity index (χ0) is 26.9. The molecule has 1 saturated carbocycles. The lowest BCUT2D eigenvalue weighted by atomic mass is 9.94. The average Bonchev–Trinajstić information content (AvgIpc) is 3.58. The van der Waals surface area contributed by atoms with E-state index in [4.69, 9.17) is 5.41 Å². The molecule has 0 amide bonds. The van der Waals surface area contributed by atoms with Gasteiger partial charge in [0.2, 0.25) is 0 Å². The summed E-state index contributed by atoms with van der Waals surface area (Å²) in [4.78, 5) is 6.72. The average molecular weight is 556 g/mol. The fourth-order valence-electron chi connectivity index (χ4n) is 5.66. The number of nitrogens with zero attached hydrogens (tertiary/aromatic N) is 3. The Bertz CT molecular complexity index is 1400. The summed E-state index contributed by atoms with van der Waals surface area (Å²) in [5.41, 5.74) is 4.24. The predicted octanol–water partition coefficient (Wildman–Crippen LogP) is 5.88. The number of halogens is 1. The van der Waals surface area contributed by atoms with Crippen molar-refractivity contribution in [1.82, 2.24) is 14.2 Å². The number of aryl methyl sites for hydroxylation is 2. The highest BCUT2D eigenvalue weighted by atomic mass is 32.2. The second-order valence-electron chi connectivity index (χ2n) is 10.3. The highest BCUT2D eigenvalue weighted by Gasteiger charge is 2.37. The van der Waals surface area contributed by atoms with Crippen molar-refractivity contribution < 1.29 is 12.8 Å².